The number of aromatic nitrogens is 2. The molecule has 0 aliphatic rings. The van der Waals surface area contributed by atoms with Gasteiger partial charge in [0, 0.05) is 24.7 Å². The van der Waals surface area contributed by atoms with E-state index in [1.54, 1.807) is 31.3 Å². The lowest BCUT2D eigenvalue weighted by atomic mass is 10.1. The molecule has 0 fully saturated rings. The van der Waals surface area contributed by atoms with Crippen molar-refractivity contribution in [3.63, 3.8) is 0 Å². The van der Waals surface area contributed by atoms with Gasteiger partial charge >= 0.3 is 0 Å². The molecule has 212 valence electrons. The van der Waals surface area contributed by atoms with Gasteiger partial charge in [-0.3, -0.25) is 4.79 Å². The highest BCUT2D eigenvalue weighted by Crippen LogP contribution is 2.38. The standard InChI is InChI=1S/C31H36ClN3O5/c1-20(2)14-16-34(31(36)23-11-13-27(39-5)30(40-6)29(23)32)19-24-25(35-15-8-7-9-28(35)33-24)18-21-17-22(37-3)10-12-26(21)38-4/h7-13,15,17,20H,14,16,18-19H2,1-6H3. The fourth-order valence-electron chi connectivity index (χ4n) is 4.68. The van der Waals surface area contributed by atoms with Gasteiger partial charge in [0.05, 0.1) is 57.0 Å². The summed E-state index contributed by atoms with van der Waals surface area (Å²) in [5, 5.41) is 0.220. The summed E-state index contributed by atoms with van der Waals surface area (Å²) in [5.74, 6) is 2.49. The molecule has 4 aromatic rings. The summed E-state index contributed by atoms with van der Waals surface area (Å²) in [6.45, 7) is 5.12. The molecule has 0 aliphatic heterocycles. The van der Waals surface area contributed by atoms with Crippen LogP contribution in [0.1, 0.15) is 47.6 Å². The Bertz CT molecular complexity index is 1480. The number of fused-ring (bicyclic) bond motifs is 1. The van der Waals surface area contributed by atoms with Crippen LogP contribution >= 0.6 is 11.6 Å². The monoisotopic (exact) mass is 565 g/mol. The molecule has 0 atom stereocenters. The second-order valence-electron chi connectivity index (χ2n) is 9.86. The lowest BCUT2D eigenvalue weighted by molar-refractivity contribution is 0.0733. The van der Waals surface area contributed by atoms with Crippen molar-refractivity contribution in [2.45, 2.75) is 33.2 Å². The van der Waals surface area contributed by atoms with E-state index in [1.807, 2.05) is 42.6 Å². The largest absolute Gasteiger partial charge is 0.497 e. The first-order chi connectivity index (χ1) is 19.3. The topological polar surface area (TPSA) is 74.5 Å². The quantitative estimate of drug-likeness (QED) is 0.201. The van der Waals surface area contributed by atoms with Gasteiger partial charge < -0.3 is 28.2 Å². The molecule has 40 heavy (non-hydrogen) atoms. The number of hydrogen-bond acceptors (Lipinski definition) is 6. The Morgan fingerprint density at radius 3 is 2.40 bits per heavy atom. The number of carbonyl (C=O) groups is 1. The average Bonchev–Trinajstić information content (AvgIpc) is 3.30. The minimum Gasteiger partial charge on any atom is -0.497 e. The van der Waals surface area contributed by atoms with Crippen molar-refractivity contribution < 1.29 is 23.7 Å². The molecule has 0 unspecified atom stereocenters. The van der Waals surface area contributed by atoms with Crippen molar-refractivity contribution in [2.24, 2.45) is 5.92 Å². The van der Waals surface area contributed by atoms with E-state index in [0.717, 1.165) is 40.5 Å². The molecular formula is C31H36ClN3O5. The van der Waals surface area contributed by atoms with Gasteiger partial charge in [-0.05, 0) is 54.8 Å². The minimum absolute atomic E-state index is 0.200. The molecule has 0 aliphatic carbocycles. The molecule has 2 aromatic carbocycles. The van der Waals surface area contributed by atoms with Crippen LogP contribution in [-0.2, 0) is 13.0 Å². The predicted octanol–water partition coefficient (Wildman–Crippen LogP) is 6.30. The Morgan fingerprint density at radius 1 is 0.975 bits per heavy atom. The third-order valence-corrected chi connectivity index (χ3v) is 7.25. The van der Waals surface area contributed by atoms with Crippen LogP contribution in [-0.4, -0.2) is 55.2 Å². The van der Waals surface area contributed by atoms with Gasteiger partial charge in [0.1, 0.15) is 17.1 Å². The van der Waals surface area contributed by atoms with Crippen molar-refractivity contribution in [1.82, 2.24) is 14.3 Å². The van der Waals surface area contributed by atoms with Gasteiger partial charge in [-0.1, -0.05) is 31.5 Å². The van der Waals surface area contributed by atoms with Crippen LogP contribution in [0.5, 0.6) is 23.0 Å². The van der Waals surface area contributed by atoms with E-state index in [1.165, 1.54) is 14.2 Å². The molecule has 0 N–H and O–H groups in total. The molecule has 0 saturated carbocycles. The van der Waals surface area contributed by atoms with Gasteiger partial charge in [-0.2, -0.15) is 0 Å². The third-order valence-electron chi connectivity index (χ3n) is 6.88. The summed E-state index contributed by atoms with van der Waals surface area (Å²) < 4.78 is 24.0. The summed E-state index contributed by atoms with van der Waals surface area (Å²) in [4.78, 5) is 20.8. The Hall–Kier alpha value is -3.91. The Morgan fingerprint density at radius 2 is 1.73 bits per heavy atom. The van der Waals surface area contributed by atoms with E-state index in [2.05, 4.69) is 18.2 Å². The molecule has 1 amide bonds. The van der Waals surface area contributed by atoms with E-state index in [0.29, 0.717) is 42.5 Å². The molecule has 2 heterocycles. The number of benzene rings is 2. The number of rotatable bonds is 12. The summed E-state index contributed by atoms with van der Waals surface area (Å²) in [6, 6.07) is 15.0. The molecule has 0 spiro atoms. The number of halogens is 1. The summed E-state index contributed by atoms with van der Waals surface area (Å²) in [6.07, 6.45) is 3.34. The van der Waals surface area contributed by atoms with Crippen LogP contribution in [0.3, 0.4) is 0 Å². The van der Waals surface area contributed by atoms with E-state index < -0.39 is 0 Å². The average molecular weight is 566 g/mol. The van der Waals surface area contributed by atoms with Crippen LogP contribution < -0.4 is 18.9 Å². The van der Waals surface area contributed by atoms with Gasteiger partial charge in [0.15, 0.2) is 11.5 Å². The number of methoxy groups -OCH3 is 4. The molecular weight excluding hydrogens is 530 g/mol. The smallest absolute Gasteiger partial charge is 0.255 e. The zero-order valence-corrected chi connectivity index (χ0v) is 24.6. The first-order valence-electron chi connectivity index (χ1n) is 13.2. The van der Waals surface area contributed by atoms with Gasteiger partial charge in [0.25, 0.3) is 5.91 Å². The predicted molar refractivity (Wildman–Crippen MR) is 156 cm³/mol. The number of carbonyl (C=O) groups excluding carboxylic acids is 1. The Kier molecular flexibility index (Phi) is 9.42. The Labute approximate surface area is 240 Å². The number of imidazole rings is 1. The van der Waals surface area contributed by atoms with E-state index in [4.69, 9.17) is 35.5 Å². The maximum Gasteiger partial charge on any atom is 0.255 e. The highest BCUT2D eigenvalue weighted by Gasteiger charge is 2.25. The van der Waals surface area contributed by atoms with E-state index in [9.17, 15) is 4.79 Å². The lowest BCUT2D eigenvalue weighted by Gasteiger charge is -2.25. The highest BCUT2D eigenvalue weighted by atomic mass is 35.5. The second kappa shape index (κ2) is 13.0. The minimum atomic E-state index is -0.200. The third kappa shape index (κ3) is 6.12. The zero-order valence-electron chi connectivity index (χ0n) is 23.9. The van der Waals surface area contributed by atoms with Gasteiger partial charge in [-0.25, -0.2) is 4.98 Å². The number of nitrogens with zero attached hydrogens (tertiary/aromatic N) is 3. The van der Waals surface area contributed by atoms with Crippen LogP contribution in [0.2, 0.25) is 5.02 Å². The van der Waals surface area contributed by atoms with Crippen LogP contribution in [0.15, 0.2) is 54.7 Å². The maximum atomic E-state index is 14.0. The molecule has 0 radical (unpaired) electrons. The van der Waals surface area contributed by atoms with E-state index in [-0.39, 0.29) is 10.9 Å². The van der Waals surface area contributed by atoms with Crippen LogP contribution in [0.25, 0.3) is 5.65 Å². The molecule has 9 heteroatoms. The first-order valence-corrected chi connectivity index (χ1v) is 13.5. The highest BCUT2D eigenvalue weighted by molar-refractivity contribution is 6.35. The molecule has 4 rings (SSSR count). The van der Waals surface area contributed by atoms with Crippen LogP contribution in [0.4, 0.5) is 0 Å². The van der Waals surface area contributed by atoms with Crippen molar-refractivity contribution in [3.8, 4) is 23.0 Å². The number of pyridine rings is 1. The lowest BCUT2D eigenvalue weighted by Crippen LogP contribution is -2.33. The van der Waals surface area contributed by atoms with Crippen LogP contribution in [0, 0.1) is 5.92 Å². The SMILES string of the molecule is COc1ccc(OC)c(Cc2c(CN(CCC(C)C)C(=O)c3ccc(OC)c(OC)c3Cl)nc3ccccn23)c1. The maximum absolute atomic E-state index is 14.0. The summed E-state index contributed by atoms with van der Waals surface area (Å²) >= 11 is 6.66. The molecule has 0 saturated heterocycles. The number of ether oxygens (including phenoxy) is 4. The molecule has 2 aromatic heterocycles. The van der Waals surface area contributed by atoms with E-state index >= 15 is 0 Å². The van der Waals surface area contributed by atoms with Crippen molar-refractivity contribution in [2.75, 3.05) is 35.0 Å². The summed E-state index contributed by atoms with van der Waals surface area (Å²) in [5.41, 5.74) is 3.86. The first kappa shape index (κ1) is 29.1. The molecule has 8 nitrogen and oxygen atoms in total. The summed E-state index contributed by atoms with van der Waals surface area (Å²) in [7, 11) is 6.33. The molecule has 0 bridgehead atoms. The number of hydrogen-bond donors (Lipinski definition) is 0. The van der Waals surface area contributed by atoms with Gasteiger partial charge in [0.2, 0.25) is 0 Å². The van der Waals surface area contributed by atoms with Crippen molar-refractivity contribution in [3.05, 3.63) is 82.3 Å². The number of amides is 1. The normalized spacial score (nSPS) is 11.1. The van der Waals surface area contributed by atoms with Crippen molar-refractivity contribution >= 4 is 23.2 Å². The Balaban J connectivity index is 1.77. The second-order valence-corrected chi connectivity index (χ2v) is 10.2. The zero-order chi connectivity index (χ0) is 28.8. The van der Waals surface area contributed by atoms with Crippen molar-refractivity contribution in [1.29, 1.82) is 0 Å². The van der Waals surface area contributed by atoms with Gasteiger partial charge in [-0.15, -0.1) is 0 Å². The fraction of sp³-hybridized carbons (Fsp3) is 0.355. The fourth-order valence-corrected chi connectivity index (χ4v) is 5.00.